The Morgan fingerprint density at radius 1 is 1.61 bits per heavy atom. The van der Waals surface area contributed by atoms with E-state index in [1.54, 1.807) is 0 Å². The number of nitrogens with one attached hydrogen (secondary N) is 1. The van der Waals surface area contributed by atoms with Gasteiger partial charge in [-0.3, -0.25) is 18.9 Å². The van der Waals surface area contributed by atoms with Gasteiger partial charge in [-0.15, -0.1) is 0 Å². The van der Waals surface area contributed by atoms with Crippen LogP contribution in [0.15, 0.2) is 20.9 Å². The van der Waals surface area contributed by atoms with E-state index in [4.69, 9.17) is 20.1 Å². The lowest BCUT2D eigenvalue weighted by Crippen LogP contribution is -2.33. The summed E-state index contributed by atoms with van der Waals surface area (Å²) in [6, 6.07) is -0.782. The number of ether oxygens (including phenoxy) is 1. The zero-order valence-electron chi connectivity index (χ0n) is 11.9. The van der Waals surface area contributed by atoms with E-state index in [1.807, 2.05) is 0 Å². The van der Waals surface area contributed by atoms with Gasteiger partial charge in [0.15, 0.2) is 0 Å². The van der Waals surface area contributed by atoms with Crippen molar-refractivity contribution in [3.8, 4) is 0 Å². The molecule has 0 saturated carbocycles. The first-order chi connectivity index (χ1) is 10.7. The summed E-state index contributed by atoms with van der Waals surface area (Å²) in [6.45, 7) is 0.991. The Balaban J connectivity index is 2.24. The molecule has 3 atom stereocenters. The van der Waals surface area contributed by atoms with Crippen LogP contribution in [0.2, 0.25) is 0 Å². The van der Waals surface area contributed by atoms with E-state index in [0.29, 0.717) is 0 Å². The second-order valence-electron chi connectivity index (χ2n) is 4.90. The first-order valence-corrected chi connectivity index (χ1v) is 7.96. The predicted octanol–water partition coefficient (Wildman–Crippen LogP) is -0.0793. The molecule has 13 heteroatoms. The van der Waals surface area contributed by atoms with Gasteiger partial charge in [0.25, 0.3) is 5.56 Å². The van der Waals surface area contributed by atoms with Crippen LogP contribution in [0.5, 0.6) is 0 Å². The van der Waals surface area contributed by atoms with Crippen molar-refractivity contribution in [2.24, 2.45) is 5.11 Å². The standard InChI is InChI=1S/C10H14N5O7P/c1-5-3-15(10(17)12-9(5)16)8-2-6(13-14-11)7(22-8)4-21-23(18,19)20/h3,6-8H,2,4H2,1H3,(H,12,16,17)(H2,18,19,20)/t6-,7+,8+/m0/s1. The van der Waals surface area contributed by atoms with Crippen molar-refractivity contribution in [2.75, 3.05) is 6.61 Å². The van der Waals surface area contributed by atoms with Crippen LogP contribution in [-0.4, -0.2) is 38.1 Å². The Kier molecular flexibility index (Phi) is 5.05. The highest BCUT2D eigenvalue weighted by atomic mass is 31.2. The molecule has 0 amide bonds. The fourth-order valence-electron chi connectivity index (χ4n) is 2.19. The number of rotatable bonds is 5. The number of phosphoric acid groups is 1. The maximum absolute atomic E-state index is 11.8. The lowest BCUT2D eigenvalue weighted by atomic mass is 10.1. The van der Waals surface area contributed by atoms with Crippen LogP contribution in [0.1, 0.15) is 18.2 Å². The highest BCUT2D eigenvalue weighted by Gasteiger charge is 2.37. The minimum atomic E-state index is -4.71. The quantitative estimate of drug-likeness (QED) is 0.288. The van der Waals surface area contributed by atoms with Crippen LogP contribution < -0.4 is 11.2 Å². The number of hydrogen-bond donors (Lipinski definition) is 3. The van der Waals surface area contributed by atoms with E-state index < -0.39 is 44.1 Å². The third-order valence-electron chi connectivity index (χ3n) is 3.27. The number of phosphoric ester groups is 1. The highest BCUT2D eigenvalue weighted by Crippen LogP contribution is 2.38. The molecular formula is C10H14N5O7P. The van der Waals surface area contributed by atoms with Gasteiger partial charge in [0.2, 0.25) is 0 Å². The van der Waals surface area contributed by atoms with Crippen molar-refractivity contribution in [1.29, 1.82) is 0 Å². The Labute approximate surface area is 128 Å². The summed E-state index contributed by atoms with van der Waals surface area (Å²) in [5.41, 5.74) is 7.60. The molecule has 0 unspecified atom stereocenters. The second kappa shape index (κ2) is 6.67. The topological polar surface area (TPSA) is 180 Å². The van der Waals surface area contributed by atoms with Gasteiger partial charge >= 0.3 is 13.5 Å². The molecule has 1 aliphatic rings. The van der Waals surface area contributed by atoms with Crippen LogP contribution >= 0.6 is 7.82 Å². The average molecular weight is 347 g/mol. The summed E-state index contributed by atoms with van der Waals surface area (Å²) in [5, 5.41) is 3.49. The monoisotopic (exact) mass is 347 g/mol. The van der Waals surface area contributed by atoms with E-state index in [0.717, 1.165) is 4.57 Å². The lowest BCUT2D eigenvalue weighted by molar-refractivity contribution is -0.0268. The van der Waals surface area contributed by atoms with Gasteiger partial charge in [0.1, 0.15) is 6.23 Å². The van der Waals surface area contributed by atoms with Crippen molar-refractivity contribution >= 4 is 7.82 Å². The van der Waals surface area contributed by atoms with Gasteiger partial charge in [-0.05, 0) is 12.5 Å². The summed E-state index contributed by atoms with van der Waals surface area (Å²) in [6.07, 6.45) is -0.419. The third kappa shape index (κ3) is 4.29. The summed E-state index contributed by atoms with van der Waals surface area (Å²) < 4.78 is 21.7. The Hall–Kier alpha value is -1.94. The first kappa shape index (κ1) is 17.4. The second-order valence-corrected chi connectivity index (χ2v) is 6.14. The number of H-pyrrole nitrogens is 1. The molecule has 2 rings (SSSR count). The fourth-order valence-corrected chi connectivity index (χ4v) is 2.54. The molecule has 0 aliphatic carbocycles. The largest absolute Gasteiger partial charge is 0.469 e. The fraction of sp³-hybridized carbons (Fsp3) is 0.600. The molecule has 2 heterocycles. The minimum Gasteiger partial charge on any atom is -0.352 e. The van der Waals surface area contributed by atoms with Crippen LogP contribution in [0.3, 0.4) is 0 Å². The molecule has 0 radical (unpaired) electrons. The SMILES string of the molecule is Cc1cn([C@H]2C[C@H](N=[N+]=[N-])[C@@H](COP(=O)(O)O)O2)c(=O)[nH]c1=O. The van der Waals surface area contributed by atoms with Crippen LogP contribution in [0.25, 0.3) is 10.4 Å². The predicted molar refractivity (Wildman–Crippen MR) is 75.5 cm³/mol. The van der Waals surface area contributed by atoms with Crippen molar-refractivity contribution in [3.05, 3.63) is 43.0 Å². The van der Waals surface area contributed by atoms with Gasteiger partial charge in [-0.2, -0.15) is 0 Å². The first-order valence-electron chi connectivity index (χ1n) is 6.43. The van der Waals surface area contributed by atoms with Crippen LogP contribution in [-0.2, 0) is 13.8 Å². The Morgan fingerprint density at radius 2 is 2.30 bits per heavy atom. The van der Waals surface area contributed by atoms with Crippen LogP contribution in [0.4, 0.5) is 0 Å². The zero-order chi connectivity index (χ0) is 17.2. The average Bonchev–Trinajstić information content (AvgIpc) is 2.83. The lowest BCUT2D eigenvalue weighted by Gasteiger charge is -2.17. The van der Waals surface area contributed by atoms with Crippen LogP contribution in [0, 0.1) is 6.92 Å². The molecule has 1 aromatic heterocycles. The zero-order valence-corrected chi connectivity index (χ0v) is 12.8. The number of hydrogen-bond acceptors (Lipinski definition) is 6. The molecule has 126 valence electrons. The van der Waals surface area contributed by atoms with Gasteiger partial charge < -0.3 is 14.5 Å². The maximum atomic E-state index is 11.8. The highest BCUT2D eigenvalue weighted by molar-refractivity contribution is 7.46. The smallest absolute Gasteiger partial charge is 0.352 e. The van der Waals surface area contributed by atoms with Crippen molar-refractivity contribution in [2.45, 2.75) is 31.7 Å². The molecule has 12 nitrogen and oxygen atoms in total. The van der Waals surface area contributed by atoms with Crippen molar-refractivity contribution in [3.63, 3.8) is 0 Å². The Bertz CT molecular complexity index is 792. The molecule has 3 N–H and O–H groups in total. The summed E-state index contributed by atoms with van der Waals surface area (Å²) in [5.74, 6) is 0. The van der Waals surface area contributed by atoms with Gasteiger partial charge in [0, 0.05) is 23.1 Å². The molecule has 1 saturated heterocycles. The van der Waals surface area contributed by atoms with Crippen molar-refractivity contribution < 1.29 is 23.6 Å². The molecule has 1 fully saturated rings. The number of aromatic nitrogens is 2. The molecular weight excluding hydrogens is 333 g/mol. The number of azide groups is 1. The van der Waals surface area contributed by atoms with E-state index in [2.05, 4.69) is 19.5 Å². The number of aryl methyl sites for hydroxylation is 1. The number of aromatic amines is 1. The molecule has 0 bridgehead atoms. The normalized spacial score (nSPS) is 24.4. The summed E-state index contributed by atoms with van der Waals surface area (Å²) in [4.78, 5) is 45.4. The molecule has 1 aromatic rings. The Morgan fingerprint density at radius 3 is 2.91 bits per heavy atom. The number of nitrogens with zero attached hydrogens (tertiary/aromatic N) is 4. The molecule has 23 heavy (non-hydrogen) atoms. The van der Waals surface area contributed by atoms with Gasteiger partial charge in [-0.25, -0.2) is 9.36 Å². The third-order valence-corrected chi connectivity index (χ3v) is 3.75. The van der Waals surface area contributed by atoms with E-state index in [9.17, 15) is 14.2 Å². The van der Waals surface area contributed by atoms with E-state index in [1.165, 1.54) is 13.1 Å². The minimum absolute atomic E-state index is 0.0879. The van der Waals surface area contributed by atoms with E-state index >= 15 is 0 Å². The van der Waals surface area contributed by atoms with E-state index in [-0.39, 0.29) is 12.0 Å². The van der Waals surface area contributed by atoms with Gasteiger partial charge in [-0.1, -0.05) is 5.11 Å². The maximum Gasteiger partial charge on any atom is 0.469 e. The molecule has 1 aliphatic heterocycles. The molecule has 0 aromatic carbocycles. The summed E-state index contributed by atoms with van der Waals surface area (Å²) >= 11 is 0. The molecule has 0 spiro atoms. The van der Waals surface area contributed by atoms with Crippen molar-refractivity contribution in [1.82, 2.24) is 9.55 Å². The van der Waals surface area contributed by atoms with Gasteiger partial charge in [0.05, 0.1) is 18.8 Å². The summed E-state index contributed by atoms with van der Waals surface area (Å²) in [7, 11) is -4.71.